The first-order chi connectivity index (χ1) is 13.1. The molecule has 0 saturated carbocycles. The smallest absolute Gasteiger partial charge is 0.273 e. The quantitative estimate of drug-likeness (QED) is 0.771. The molecule has 138 valence electrons. The Bertz CT molecular complexity index is 1150. The van der Waals surface area contributed by atoms with Crippen LogP contribution in [-0.2, 0) is 17.8 Å². The molecule has 1 aliphatic rings. The van der Waals surface area contributed by atoms with E-state index < -0.39 is 5.82 Å². The number of anilines is 1. The number of fused-ring (bicyclic) bond motifs is 2. The Morgan fingerprint density at radius 3 is 2.67 bits per heavy atom. The maximum Gasteiger partial charge on any atom is 0.273 e. The maximum atomic E-state index is 14.2. The molecule has 4 rings (SSSR count). The van der Waals surface area contributed by atoms with Gasteiger partial charge in [-0.15, -0.1) is 0 Å². The zero-order valence-electron chi connectivity index (χ0n) is 14.6. The van der Waals surface area contributed by atoms with Crippen LogP contribution in [0.3, 0.4) is 0 Å². The SMILES string of the molecule is O=C(CCn1[nH]c(=O)c2ccccc2c1=O)N1CCCc2cccc(F)c21. The molecule has 1 aliphatic heterocycles. The van der Waals surface area contributed by atoms with Crippen LogP contribution in [0.2, 0.25) is 0 Å². The van der Waals surface area contributed by atoms with Crippen molar-refractivity contribution in [2.24, 2.45) is 0 Å². The van der Waals surface area contributed by atoms with Crippen LogP contribution in [-0.4, -0.2) is 22.2 Å². The summed E-state index contributed by atoms with van der Waals surface area (Å²) in [5.41, 5.74) is 0.397. The topological polar surface area (TPSA) is 75.2 Å². The fourth-order valence-electron chi connectivity index (χ4n) is 3.60. The molecular weight excluding hydrogens is 349 g/mol. The van der Waals surface area contributed by atoms with Crippen molar-refractivity contribution in [2.75, 3.05) is 11.4 Å². The molecule has 1 N–H and O–H groups in total. The van der Waals surface area contributed by atoms with Gasteiger partial charge in [0.15, 0.2) is 0 Å². The predicted molar refractivity (Wildman–Crippen MR) is 101 cm³/mol. The van der Waals surface area contributed by atoms with Crippen molar-refractivity contribution in [2.45, 2.75) is 25.8 Å². The van der Waals surface area contributed by atoms with Crippen LogP contribution in [0.1, 0.15) is 18.4 Å². The van der Waals surface area contributed by atoms with Crippen LogP contribution >= 0.6 is 0 Å². The average molecular weight is 367 g/mol. The van der Waals surface area contributed by atoms with Gasteiger partial charge in [-0.1, -0.05) is 24.3 Å². The van der Waals surface area contributed by atoms with Crippen molar-refractivity contribution in [3.05, 3.63) is 74.6 Å². The van der Waals surface area contributed by atoms with Crippen LogP contribution in [0.4, 0.5) is 10.1 Å². The second kappa shape index (κ2) is 6.83. The summed E-state index contributed by atoms with van der Waals surface area (Å²) in [6.07, 6.45) is 1.48. The number of halogens is 1. The number of hydrogen-bond acceptors (Lipinski definition) is 3. The summed E-state index contributed by atoms with van der Waals surface area (Å²) in [4.78, 5) is 38.8. The number of aromatic nitrogens is 2. The third kappa shape index (κ3) is 3.05. The van der Waals surface area contributed by atoms with Crippen molar-refractivity contribution >= 4 is 22.4 Å². The number of aromatic amines is 1. The molecular formula is C20H18FN3O3. The highest BCUT2D eigenvalue weighted by atomic mass is 19.1. The van der Waals surface area contributed by atoms with Gasteiger partial charge < -0.3 is 4.90 Å². The van der Waals surface area contributed by atoms with Gasteiger partial charge in [-0.3, -0.25) is 19.5 Å². The summed E-state index contributed by atoms with van der Waals surface area (Å²) < 4.78 is 15.4. The molecule has 2 heterocycles. The highest BCUT2D eigenvalue weighted by Gasteiger charge is 2.25. The number of H-pyrrole nitrogens is 1. The molecule has 0 radical (unpaired) electrons. The lowest BCUT2D eigenvalue weighted by Crippen LogP contribution is -2.38. The fourth-order valence-corrected chi connectivity index (χ4v) is 3.60. The predicted octanol–water partition coefficient (Wildman–Crippen LogP) is 2.20. The van der Waals surface area contributed by atoms with E-state index in [0.29, 0.717) is 23.0 Å². The van der Waals surface area contributed by atoms with E-state index in [1.165, 1.54) is 11.0 Å². The number of carbonyl (C=O) groups excluding carboxylic acids is 1. The molecule has 2 aromatic carbocycles. The van der Waals surface area contributed by atoms with Gasteiger partial charge in [-0.25, -0.2) is 9.07 Å². The van der Waals surface area contributed by atoms with Crippen molar-refractivity contribution in [3.8, 4) is 0 Å². The molecule has 0 atom stereocenters. The van der Waals surface area contributed by atoms with E-state index in [1.54, 1.807) is 30.3 Å². The summed E-state index contributed by atoms with van der Waals surface area (Å²) >= 11 is 0. The molecule has 0 saturated heterocycles. The first-order valence-corrected chi connectivity index (χ1v) is 8.86. The lowest BCUT2D eigenvalue weighted by Gasteiger charge is -2.30. The Morgan fingerprint density at radius 2 is 1.85 bits per heavy atom. The van der Waals surface area contributed by atoms with Gasteiger partial charge in [0.2, 0.25) is 5.91 Å². The van der Waals surface area contributed by atoms with Crippen molar-refractivity contribution in [1.82, 2.24) is 9.78 Å². The normalized spacial score (nSPS) is 13.6. The first kappa shape index (κ1) is 17.2. The Hall–Kier alpha value is -3.22. The molecule has 0 aliphatic carbocycles. The second-order valence-corrected chi connectivity index (χ2v) is 6.59. The Morgan fingerprint density at radius 1 is 1.07 bits per heavy atom. The summed E-state index contributed by atoms with van der Waals surface area (Å²) in [6, 6.07) is 11.3. The molecule has 0 fully saturated rings. The second-order valence-electron chi connectivity index (χ2n) is 6.59. The van der Waals surface area contributed by atoms with Crippen molar-refractivity contribution < 1.29 is 9.18 Å². The van der Waals surface area contributed by atoms with Crippen LogP contribution in [0.25, 0.3) is 10.8 Å². The summed E-state index contributed by atoms with van der Waals surface area (Å²) in [7, 11) is 0. The van der Waals surface area contributed by atoms with Crippen LogP contribution < -0.4 is 16.0 Å². The number of aryl methyl sites for hydroxylation is 2. The number of nitrogens with zero attached hydrogens (tertiary/aromatic N) is 2. The molecule has 3 aromatic rings. The molecule has 1 amide bonds. The molecule has 0 spiro atoms. The number of amides is 1. The largest absolute Gasteiger partial charge is 0.309 e. The summed E-state index contributed by atoms with van der Waals surface area (Å²) in [5, 5.41) is 3.14. The molecule has 0 unspecified atom stereocenters. The Balaban J connectivity index is 1.60. The fraction of sp³-hybridized carbons (Fsp3) is 0.250. The van der Waals surface area contributed by atoms with E-state index >= 15 is 0 Å². The highest BCUT2D eigenvalue weighted by Crippen LogP contribution is 2.30. The number of para-hydroxylation sites is 1. The minimum Gasteiger partial charge on any atom is -0.309 e. The van der Waals surface area contributed by atoms with Gasteiger partial charge in [-0.2, -0.15) is 0 Å². The number of rotatable bonds is 3. The number of nitrogens with one attached hydrogen (secondary N) is 1. The number of carbonyl (C=O) groups is 1. The van der Waals surface area contributed by atoms with E-state index in [2.05, 4.69) is 5.10 Å². The average Bonchev–Trinajstić information content (AvgIpc) is 2.69. The molecule has 27 heavy (non-hydrogen) atoms. The third-order valence-corrected chi connectivity index (χ3v) is 4.90. The van der Waals surface area contributed by atoms with E-state index in [0.717, 1.165) is 23.1 Å². The zero-order valence-corrected chi connectivity index (χ0v) is 14.6. The molecule has 7 heteroatoms. The monoisotopic (exact) mass is 367 g/mol. The highest BCUT2D eigenvalue weighted by molar-refractivity contribution is 5.94. The maximum absolute atomic E-state index is 14.2. The minimum atomic E-state index is -0.420. The van der Waals surface area contributed by atoms with Crippen LogP contribution in [0.5, 0.6) is 0 Å². The van der Waals surface area contributed by atoms with Gasteiger partial charge in [0.05, 0.1) is 23.0 Å². The zero-order chi connectivity index (χ0) is 19.0. The third-order valence-electron chi connectivity index (χ3n) is 4.90. The Kier molecular flexibility index (Phi) is 4.35. The first-order valence-electron chi connectivity index (χ1n) is 8.86. The minimum absolute atomic E-state index is 0.0119. The van der Waals surface area contributed by atoms with E-state index in [-0.39, 0.29) is 30.0 Å². The molecule has 0 bridgehead atoms. The van der Waals surface area contributed by atoms with Crippen LogP contribution in [0.15, 0.2) is 52.1 Å². The summed E-state index contributed by atoms with van der Waals surface area (Å²) in [5.74, 6) is -0.696. The number of benzene rings is 2. The molecule has 6 nitrogen and oxygen atoms in total. The van der Waals surface area contributed by atoms with Gasteiger partial charge in [0.25, 0.3) is 11.1 Å². The molecule has 1 aromatic heterocycles. The summed E-state index contributed by atoms with van der Waals surface area (Å²) in [6.45, 7) is 0.466. The Labute approximate surface area is 153 Å². The van der Waals surface area contributed by atoms with E-state index in [4.69, 9.17) is 0 Å². The van der Waals surface area contributed by atoms with Gasteiger partial charge in [0.1, 0.15) is 5.82 Å². The van der Waals surface area contributed by atoms with Gasteiger partial charge >= 0.3 is 0 Å². The van der Waals surface area contributed by atoms with Crippen LogP contribution in [0, 0.1) is 5.82 Å². The number of hydrogen-bond donors (Lipinski definition) is 1. The van der Waals surface area contributed by atoms with Crippen molar-refractivity contribution in [1.29, 1.82) is 0 Å². The lowest BCUT2D eigenvalue weighted by molar-refractivity contribution is -0.119. The van der Waals surface area contributed by atoms with E-state index in [9.17, 15) is 18.8 Å². The van der Waals surface area contributed by atoms with Crippen molar-refractivity contribution in [3.63, 3.8) is 0 Å². The van der Waals surface area contributed by atoms with E-state index in [1.807, 2.05) is 6.07 Å². The standard InChI is InChI=1S/C20H18FN3O3/c21-16-9-3-5-13-6-4-11-23(18(13)16)17(25)10-12-24-20(27)15-8-2-1-7-14(15)19(26)22-24/h1-3,5,7-9H,4,6,10-12H2,(H,22,26). The lowest BCUT2D eigenvalue weighted by atomic mass is 10.0. The van der Waals surface area contributed by atoms with Gasteiger partial charge in [-0.05, 0) is 36.6 Å². The van der Waals surface area contributed by atoms with Gasteiger partial charge in [0, 0.05) is 13.0 Å².